The molecule has 0 unspecified atom stereocenters. The van der Waals surface area contributed by atoms with E-state index < -0.39 is 5.97 Å². The fraction of sp³-hybridized carbons (Fsp3) is 0.269. The van der Waals surface area contributed by atoms with Crippen LogP contribution in [0, 0.1) is 6.92 Å². The van der Waals surface area contributed by atoms with Gasteiger partial charge in [-0.15, -0.1) is 0 Å². The topological polar surface area (TPSA) is 85.2 Å². The first-order valence-electron chi connectivity index (χ1n) is 11.0. The van der Waals surface area contributed by atoms with Crippen molar-refractivity contribution in [3.63, 3.8) is 0 Å². The average molecular weight is 623 g/mol. The number of carbonyl (C=O) groups is 2. The second-order valence-corrected chi connectivity index (χ2v) is 10.4. The Morgan fingerprint density at radius 3 is 2.37 bits per heavy atom. The zero-order valence-electron chi connectivity index (χ0n) is 19.6. The first kappa shape index (κ1) is 27.2. The molecule has 0 aliphatic carbocycles. The van der Waals surface area contributed by atoms with E-state index >= 15 is 0 Å². The highest BCUT2D eigenvalue weighted by Crippen LogP contribution is 2.41. The number of esters is 1. The van der Waals surface area contributed by atoms with E-state index in [1.54, 1.807) is 13.0 Å². The van der Waals surface area contributed by atoms with Crippen molar-refractivity contribution in [2.75, 3.05) is 6.61 Å². The highest BCUT2D eigenvalue weighted by Gasteiger charge is 2.33. The van der Waals surface area contributed by atoms with E-state index in [0.29, 0.717) is 23.7 Å². The molecule has 35 heavy (non-hydrogen) atoms. The van der Waals surface area contributed by atoms with Crippen molar-refractivity contribution in [2.45, 2.75) is 40.2 Å². The molecular formula is C26H25Br2NO5S. The lowest BCUT2D eigenvalue weighted by molar-refractivity contribution is -0.138. The van der Waals surface area contributed by atoms with Crippen molar-refractivity contribution in [3.8, 4) is 5.75 Å². The Morgan fingerprint density at radius 1 is 1.11 bits per heavy atom. The maximum Gasteiger partial charge on any atom is 0.344 e. The van der Waals surface area contributed by atoms with Gasteiger partial charge in [-0.25, -0.2) is 9.79 Å². The Labute approximate surface area is 225 Å². The van der Waals surface area contributed by atoms with Gasteiger partial charge in [-0.3, -0.25) is 4.79 Å². The van der Waals surface area contributed by atoms with Gasteiger partial charge in [-0.05, 0) is 81.5 Å². The number of nitrogens with zero attached hydrogens (tertiary/aromatic N) is 1. The Morgan fingerprint density at radius 2 is 1.77 bits per heavy atom. The highest BCUT2D eigenvalue weighted by atomic mass is 79.9. The molecule has 2 aromatic carbocycles. The van der Waals surface area contributed by atoms with Crippen LogP contribution in [0.1, 0.15) is 43.4 Å². The smallest absolute Gasteiger partial charge is 0.344 e. The number of hydrogen-bond donors (Lipinski definition) is 1. The van der Waals surface area contributed by atoms with Gasteiger partial charge in [0.15, 0.2) is 0 Å². The van der Waals surface area contributed by atoms with Crippen LogP contribution in [0.15, 0.2) is 66.6 Å². The van der Waals surface area contributed by atoms with Crippen LogP contribution in [-0.2, 0) is 20.9 Å². The number of aryl methyl sites for hydroxylation is 1. The normalized spacial score (nSPS) is 15.7. The molecule has 1 N–H and O–H groups in total. The summed E-state index contributed by atoms with van der Waals surface area (Å²) < 4.78 is 12.5. The van der Waals surface area contributed by atoms with Crippen molar-refractivity contribution < 1.29 is 24.2 Å². The molecule has 0 radical (unpaired) electrons. The third-order valence-corrected chi connectivity index (χ3v) is 7.08. The Bertz CT molecular complexity index is 1200. The summed E-state index contributed by atoms with van der Waals surface area (Å²) in [6.45, 7) is 6.12. The van der Waals surface area contributed by atoms with Gasteiger partial charge in [0.25, 0.3) is 0 Å². The monoisotopic (exact) mass is 621 g/mol. The quantitative estimate of drug-likeness (QED) is 0.311. The molecule has 1 amide bonds. The number of hydrogen-bond acceptors (Lipinski definition) is 6. The number of aliphatic hydroxyl groups excluding tert-OH is 1. The summed E-state index contributed by atoms with van der Waals surface area (Å²) in [5.74, 6) is -0.688. The third kappa shape index (κ3) is 7.08. The molecular weight excluding hydrogens is 598 g/mol. The second kappa shape index (κ2) is 12.6. The minimum Gasteiger partial charge on any atom is -0.506 e. The maximum absolute atomic E-state index is 12.5. The van der Waals surface area contributed by atoms with Crippen molar-refractivity contribution in [1.29, 1.82) is 0 Å². The standard InChI is InChI=1S/C26H25Br2NO5S/c1-4-6-21(30)29-25-22(26(32)33-5-2)23(31)20(35-25)13-17-11-18(27)24(19(28)12-17)34-14-16-9-7-15(3)8-10-16/h7-13,31H,4-6,14H2,1-3H3/b20-13-,29-25?. The molecule has 0 saturated heterocycles. The number of benzene rings is 2. The number of aliphatic hydroxyl groups is 1. The number of aliphatic imine (C=N–C) groups is 1. The lowest BCUT2D eigenvalue weighted by Gasteiger charge is -2.12. The summed E-state index contributed by atoms with van der Waals surface area (Å²) in [6.07, 6.45) is 2.60. The van der Waals surface area contributed by atoms with Crippen LogP contribution in [0.25, 0.3) is 6.08 Å². The molecule has 0 fully saturated rings. The maximum atomic E-state index is 12.5. The van der Waals surface area contributed by atoms with E-state index in [-0.39, 0.29) is 35.3 Å². The van der Waals surface area contributed by atoms with Crippen molar-refractivity contribution in [2.24, 2.45) is 4.99 Å². The van der Waals surface area contributed by atoms with Gasteiger partial charge >= 0.3 is 5.97 Å². The van der Waals surface area contributed by atoms with Gasteiger partial charge in [0.2, 0.25) is 5.91 Å². The van der Waals surface area contributed by atoms with Crippen LogP contribution >= 0.6 is 43.6 Å². The minimum absolute atomic E-state index is 0.0938. The van der Waals surface area contributed by atoms with Gasteiger partial charge in [-0.1, -0.05) is 48.5 Å². The predicted octanol–water partition coefficient (Wildman–Crippen LogP) is 7.29. The number of ether oxygens (including phenoxy) is 2. The number of rotatable bonds is 8. The lowest BCUT2D eigenvalue weighted by atomic mass is 10.1. The molecule has 1 heterocycles. The highest BCUT2D eigenvalue weighted by molar-refractivity contribution is 9.11. The fourth-order valence-electron chi connectivity index (χ4n) is 3.17. The van der Waals surface area contributed by atoms with Crippen LogP contribution in [0.4, 0.5) is 0 Å². The summed E-state index contributed by atoms with van der Waals surface area (Å²) in [5, 5.41) is 10.9. The molecule has 0 bridgehead atoms. The largest absolute Gasteiger partial charge is 0.506 e. The van der Waals surface area contributed by atoms with Gasteiger partial charge < -0.3 is 14.6 Å². The summed E-state index contributed by atoms with van der Waals surface area (Å²) in [4.78, 5) is 29.0. The van der Waals surface area contributed by atoms with Gasteiger partial charge in [0, 0.05) is 6.42 Å². The SMILES string of the molecule is CCCC(=O)N=C1S/C(=C\c2cc(Br)c(OCc3ccc(C)cc3)c(Br)c2)C(O)=C1C(=O)OCC. The lowest BCUT2D eigenvalue weighted by Crippen LogP contribution is -2.14. The van der Waals surface area contributed by atoms with E-state index in [4.69, 9.17) is 9.47 Å². The molecule has 1 aliphatic heterocycles. The van der Waals surface area contributed by atoms with Crippen LogP contribution in [0.3, 0.4) is 0 Å². The van der Waals surface area contributed by atoms with E-state index in [1.807, 2.05) is 50.2 Å². The summed E-state index contributed by atoms with van der Waals surface area (Å²) in [6, 6.07) is 11.8. The third-order valence-electron chi connectivity index (χ3n) is 4.88. The summed E-state index contributed by atoms with van der Waals surface area (Å²) in [5.41, 5.74) is 2.88. The average Bonchev–Trinajstić information content (AvgIpc) is 3.09. The summed E-state index contributed by atoms with van der Waals surface area (Å²) in [7, 11) is 0. The molecule has 0 spiro atoms. The van der Waals surface area contributed by atoms with Crippen LogP contribution in [-0.4, -0.2) is 28.6 Å². The van der Waals surface area contributed by atoms with Crippen molar-refractivity contribution >= 4 is 66.6 Å². The molecule has 0 aromatic heterocycles. The first-order chi connectivity index (χ1) is 16.7. The molecule has 3 rings (SSSR count). The zero-order valence-corrected chi connectivity index (χ0v) is 23.5. The van der Waals surface area contributed by atoms with Crippen LogP contribution in [0.5, 0.6) is 5.75 Å². The van der Waals surface area contributed by atoms with Crippen LogP contribution < -0.4 is 4.74 Å². The molecule has 0 saturated carbocycles. The molecule has 2 aromatic rings. The Balaban J connectivity index is 1.88. The van der Waals surface area contributed by atoms with E-state index in [0.717, 1.165) is 31.8 Å². The molecule has 184 valence electrons. The number of thioether (sulfide) groups is 1. The van der Waals surface area contributed by atoms with Crippen LogP contribution in [0.2, 0.25) is 0 Å². The first-order valence-corrected chi connectivity index (χ1v) is 13.4. The number of carbonyl (C=O) groups excluding carboxylic acids is 2. The van der Waals surface area contributed by atoms with Gasteiger partial charge in [0.1, 0.15) is 28.7 Å². The van der Waals surface area contributed by atoms with E-state index in [1.165, 1.54) is 5.56 Å². The van der Waals surface area contributed by atoms with Gasteiger partial charge in [-0.2, -0.15) is 0 Å². The number of amides is 1. The molecule has 9 heteroatoms. The van der Waals surface area contributed by atoms with Crippen molar-refractivity contribution in [3.05, 3.63) is 78.3 Å². The molecule has 6 nitrogen and oxygen atoms in total. The Hall–Kier alpha value is -2.36. The molecule has 1 aliphatic rings. The van der Waals surface area contributed by atoms with E-state index in [2.05, 4.69) is 36.9 Å². The Kier molecular flexibility index (Phi) is 9.77. The second-order valence-electron chi connectivity index (χ2n) is 7.70. The predicted molar refractivity (Wildman–Crippen MR) is 147 cm³/mol. The number of halogens is 2. The minimum atomic E-state index is -0.717. The van der Waals surface area contributed by atoms with Gasteiger partial charge in [0.05, 0.1) is 20.5 Å². The zero-order chi connectivity index (χ0) is 25.5. The molecule has 0 atom stereocenters. The van der Waals surface area contributed by atoms with Crippen molar-refractivity contribution in [1.82, 2.24) is 0 Å². The fourth-order valence-corrected chi connectivity index (χ4v) is 5.65. The summed E-state index contributed by atoms with van der Waals surface area (Å²) >= 11 is 8.17. The van der Waals surface area contributed by atoms with E-state index in [9.17, 15) is 14.7 Å².